The van der Waals surface area contributed by atoms with Crippen LogP contribution in [0.5, 0.6) is 0 Å². The third-order valence-electron chi connectivity index (χ3n) is 4.25. The third kappa shape index (κ3) is 6.99. The van der Waals surface area contributed by atoms with E-state index in [1.165, 1.54) is 17.3 Å². The zero-order valence-electron chi connectivity index (χ0n) is 16.7. The molecule has 0 unspecified atom stereocenters. The van der Waals surface area contributed by atoms with Crippen LogP contribution in [0.15, 0.2) is 57.9 Å². The molecule has 0 aliphatic rings. The Kier molecular flexibility index (Phi) is 8.58. The summed E-state index contributed by atoms with van der Waals surface area (Å²) in [4.78, 5) is 28.2. The molecule has 0 saturated carbocycles. The molecule has 150 valence electrons. The van der Waals surface area contributed by atoms with Crippen LogP contribution in [-0.2, 0) is 16.1 Å². The van der Waals surface area contributed by atoms with Gasteiger partial charge in [0.1, 0.15) is 6.04 Å². The summed E-state index contributed by atoms with van der Waals surface area (Å²) in [6, 6.07) is 15.4. The van der Waals surface area contributed by atoms with Gasteiger partial charge in [0.2, 0.25) is 11.8 Å². The van der Waals surface area contributed by atoms with Crippen molar-refractivity contribution in [3.8, 4) is 0 Å². The van der Waals surface area contributed by atoms with E-state index in [9.17, 15) is 9.59 Å². The maximum absolute atomic E-state index is 13.0. The van der Waals surface area contributed by atoms with Crippen LogP contribution in [0.25, 0.3) is 0 Å². The smallest absolute Gasteiger partial charge is 0.242 e. The molecule has 0 aliphatic carbocycles. The highest BCUT2D eigenvalue weighted by atomic mass is 79.9. The maximum Gasteiger partial charge on any atom is 0.242 e. The third-order valence-corrected chi connectivity index (χ3v) is 5.77. The minimum absolute atomic E-state index is 0.0292. The minimum atomic E-state index is -0.544. The average Bonchev–Trinajstić information content (AvgIpc) is 2.65. The van der Waals surface area contributed by atoms with E-state index >= 15 is 0 Å². The molecule has 0 aromatic heterocycles. The number of halogens is 1. The van der Waals surface area contributed by atoms with E-state index in [0.29, 0.717) is 12.3 Å². The Morgan fingerprint density at radius 2 is 1.64 bits per heavy atom. The molecule has 0 fully saturated rings. The fourth-order valence-electron chi connectivity index (χ4n) is 2.64. The van der Waals surface area contributed by atoms with E-state index in [2.05, 4.69) is 21.2 Å². The second kappa shape index (κ2) is 10.7. The molecule has 4 nitrogen and oxygen atoms in total. The van der Waals surface area contributed by atoms with Gasteiger partial charge >= 0.3 is 0 Å². The van der Waals surface area contributed by atoms with Gasteiger partial charge in [0.05, 0.1) is 5.75 Å². The van der Waals surface area contributed by atoms with Crippen molar-refractivity contribution >= 4 is 39.5 Å². The topological polar surface area (TPSA) is 49.4 Å². The number of thioether (sulfide) groups is 1. The van der Waals surface area contributed by atoms with E-state index in [-0.39, 0.29) is 17.9 Å². The number of rotatable bonds is 8. The summed E-state index contributed by atoms with van der Waals surface area (Å²) in [5, 5.41) is 2.91. The zero-order valence-corrected chi connectivity index (χ0v) is 19.1. The number of carbonyl (C=O) groups is 2. The lowest BCUT2D eigenvalue weighted by molar-refractivity contribution is -0.138. The number of aryl methyl sites for hydroxylation is 1. The molecule has 0 spiro atoms. The van der Waals surface area contributed by atoms with Gasteiger partial charge in [-0.2, -0.15) is 0 Å². The summed E-state index contributed by atoms with van der Waals surface area (Å²) in [7, 11) is 0. The van der Waals surface area contributed by atoms with E-state index in [4.69, 9.17) is 0 Å². The average molecular weight is 463 g/mol. The lowest BCUT2D eigenvalue weighted by atomic mass is 10.1. The summed E-state index contributed by atoms with van der Waals surface area (Å²) in [5.41, 5.74) is 2.17. The molecular formula is C22H27BrN2O2S. The number of benzene rings is 2. The maximum atomic E-state index is 13.0. The van der Waals surface area contributed by atoms with Crippen molar-refractivity contribution in [3.05, 3.63) is 64.1 Å². The molecule has 2 aromatic rings. The first-order valence-corrected chi connectivity index (χ1v) is 11.1. The molecule has 1 atom stereocenters. The number of hydrogen-bond acceptors (Lipinski definition) is 3. The van der Waals surface area contributed by atoms with Gasteiger partial charge in [0, 0.05) is 22.0 Å². The standard InChI is InChI=1S/C22H27BrN2O2S/c1-15(2)24-22(27)17(4)25(13-18-7-9-19(23)10-8-18)21(26)14-28-20-11-5-16(3)6-12-20/h5-12,15,17H,13-14H2,1-4H3,(H,24,27)/t17-/m1/s1. The quantitative estimate of drug-likeness (QED) is 0.573. The Hall–Kier alpha value is -1.79. The Bertz CT molecular complexity index is 791. The van der Waals surface area contributed by atoms with Gasteiger partial charge in [0.25, 0.3) is 0 Å². The number of amides is 2. The van der Waals surface area contributed by atoms with Crippen molar-refractivity contribution < 1.29 is 9.59 Å². The molecule has 0 saturated heterocycles. The van der Waals surface area contributed by atoms with E-state index < -0.39 is 6.04 Å². The van der Waals surface area contributed by atoms with Crippen LogP contribution < -0.4 is 5.32 Å². The van der Waals surface area contributed by atoms with Crippen LogP contribution in [-0.4, -0.2) is 34.6 Å². The molecule has 2 rings (SSSR count). The Balaban J connectivity index is 2.12. The highest BCUT2D eigenvalue weighted by molar-refractivity contribution is 9.10. The van der Waals surface area contributed by atoms with Crippen LogP contribution in [0.1, 0.15) is 31.9 Å². The number of carbonyl (C=O) groups excluding carboxylic acids is 2. The first-order valence-electron chi connectivity index (χ1n) is 9.30. The first kappa shape index (κ1) is 22.5. The van der Waals surface area contributed by atoms with Crippen LogP contribution in [0.3, 0.4) is 0 Å². The molecule has 0 bridgehead atoms. The summed E-state index contributed by atoms with van der Waals surface area (Å²) >= 11 is 4.92. The monoisotopic (exact) mass is 462 g/mol. The summed E-state index contributed by atoms with van der Waals surface area (Å²) in [6.45, 7) is 8.05. The molecule has 6 heteroatoms. The van der Waals surface area contributed by atoms with Crippen molar-refractivity contribution in [1.82, 2.24) is 10.2 Å². The second-order valence-corrected chi connectivity index (χ2v) is 9.05. The van der Waals surface area contributed by atoms with Crippen molar-refractivity contribution in [2.24, 2.45) is 0 Å². The van der Waals surface area contributed by atoms with E-state index in [0.717, 1.165) is 14.9 Å². The number of nitrogens with one attached hydrogen (secondary N) is 1. The van der Waals surface area contributed by atoms with Crippen LogP contribution in [0.4, 0.5) is 0 Å². The van der Waals surface area contributed by atoms with Gasteiger partial charge < -0.3 is 10.2 Å². The predicted octanol–water partition coefficient (Wildman–Crippen LogP) is 4.79. The van der Waals surface area contributed by atoms with Crippen LogP contribution in [0, 0.1) is 6.92 Å². The summed E-state index contributed by atoms with van der Waals surface area (Å²) in [6.07, 6.45) is 0. The van der Waals surface area contributed by atoms with Crippen molar-refractivity contribution in [2.45, 2.75) is 51.2 Å². The molecule has 28 heavy (non-hydrogen) atoms. The second-order valence-electron chi connectivity index (χ2n) is 7.09. The van der Waals surface area contributed by atoms with Gasteiger partial charge in [-0.1, -0.05) is 45.8 Å². The van der Waals surface area contributed by atoms with E-state index in [1.807, 2.05) is 69.3 Å². The van der Waals surface area contributed by atoms with Gasteiger partial charge in [-0.3, -0.25) is 9.59 Å². The normalized spacial score (nSPS) is 11.9. The molecule has 0 radical (unpaired) electrons. The summed E-state index contributed by atoms with van der Waals surface area (Å²) in [5.74, 6) is 0.0968. The zero-order chi connectivity index (χ0) is 20.7. The Morgan fingerprint density at radius 1 is 1.04 bits per heavy atom. The van der Waals surface area contributed by atoms with Crippen LogP contribution in [0.2, 0.25) is 0 Å². The molecule has 1 N–H and O–H groups in total. The van der Waals surface area contributed by atoms with Gasteiger partial charge in [-0.25, -0.2) is 0 Å². The van der Waals surface area contributed by atoms with Crippen molar-refractivity contribution in [3.63, 3.8) is 0 Å². The predicted molar refractivity (Wildman–Crippen MR) is 119 cm³/mol. The number of hydrogen-bond donors (Lipinski definition) is 1. The minimum Gasteiger partial charge on any atom is -0.352 e. The van der Waals surface area contributed by atoms with Crippen LogP contribution >= 0.6 is 27.7 Å². The highest BCUT2D eigenvalue weighted by Crippen LogP contribution is 2.21. The van der Waals surface area contributed by atoms with Gasteiger partial charge in [0.15, 0.2) is 0 Å². The van der Waals surface area contributed by atoms with Crippen molar-refractivity contribution in [1.29, 1.82) is 0 Å². The fraction of sp³-hybridized carbons (Fsp3) is 0.364. The molecule has 0 heterocycles. The SMILES string of the molecule is Cc1ccc(SCC(=O)N(Cc2ccc(Br)cc2)[C@H](C)C(=O)NC(C)C)cc1. The Labute approximate surface area is 180 Å². The number of nitrogens with zero attached hydrogens (tertiary/aromatic N) is 1. The first-order chi connectivity index (χ1) is 13.3. The Morgan fingerprint density at radius 3 is 2.21 bits per heavy atom. The van der Waals surface area contributed by atoms with Crippen molar-refractivity contribution in [2.75, 3.05) is 5.75 Å². The van der Waals surface area contributed by atoms with E-state index in [1.54, 1.807) is 11.8 Å². The van der Waals surface area contributed by atoms with Gasteiger partial charge in [-0.15, -0.1) is 11.8 Å². The molecule has 2 amide bonds. The molecular weight excluding hydrogens is 436 g/mol. The molecule has 0 aliphatic heterocycles. The fourth-order valence-corrected chi connectivity index (χ4v) is 3.69. The lowest BCUT2D eigenvalue weighted by Gasteiger charge is -2.29. The van der Waals surface area contributed by atoms with Gasteiger partial charge in [-0.05, 0) is 57.5 Å². The summed E-state index contributed by atoms with van der Waals surface area (Å²) < 4.78 is 0.981. The largest absolute Gasteiger partial charge is 0.352 e. The molecule has 2 aromatic carbocycles. The lowest BCUT2D eigenvalue weighted by Crippen LogP contribution is -2.49. The highest BCUT2D eigenvalue weighted by Gasteiger charge is 2.26.